The third-order valence-electron chi connectivity index (χ3n) is 2.03. The summed E-state index contributed by atoms with van der Waals surface area (Å²) >= 11 is 0. The van der Waals surface area contributed by atoms with E-state index in [4.69, 9.17) is 5.73 Å². The molecule has 0 fully saturated rings. The minimum Gasteiger partial charge on any atom is -0.372 e. The Morgan fingerprint density at radius 3 is 2.78 bits per heavy atom. The zero-order valence-electron chi connectivity index (χ0n) is 10.1. The fraction of sp³-hybridized carbons (Fsp3) is 0.636. The van der Waals surface area contributed by atoms with Gasteiger partial charge in [-0.3, -0.25) is 0 Å². The van der Waals surface area contributed by atoms with E-state index >= 15 is 0 Å². The second-order valence-electron chi connectivity index (χ2n) is 4.06. The molecule has 0 amide bonds. The summed E-state index contributed by atoms with van der Waals surface area (Å²) in [4.78, 5) is 8.16. The van der Waals surface area contributed by atoms with Gasteiger partial charge in [-0.1, -0.05) is 0 Å². The third-order valence-corrected chi connectivity index (χ3v) is 2.03. The zero-order chi connectivity index (χ0) is 13.6. The van der Waals surface area contributed by atoms with Gasteiger partial charge in [-0.05, 0) is 13.0 Å². The van der Waals surface area contributed by atoms with E-state index in [0.29, 0.717) is 12.2 Å². The van der Waals surface area contributed by atoms with E-state index in [0.717, 1.165) is 5.69 Å². The number of alkyl halides is 3. The van der Waals surface area contributed by atoms with Gasteiger partial charge in [0, 0.05) is 30.8 Å². The average molecular weight is 263 g/mol. The summed E-state index contributed by atoms with van der Waals surface area (Å²) < 4.78 is 39.9. The second-order valence-corrected chi connectivity index (χ2v) is 4.06. The highest BCUT2D eigenvalue weighted by Crippen LogP contribution is 2.14. The summed E-state index contributed by atoms with van der Waals surface area (Å²) in [5.74, 6) is 0.468. The Labute approximate surface area is 103 Å². The van der Waals surface area contributed by atoms with Crippen molar-refractivity contribution < 1.29 is 17.9 Å². The standard InChI is InChI=1S/C11H16F3N3O/c1-8(15)6-9-2-4-16-10(17-9)3-5-18-7-11(12,13)14/h2,4,8H,3,5-7,15H2,1H3. The van der Waals surface area contributed by atoms with Crippen molar-refractivity contribution in [3.63, 3.8) is 0 Å². The molecule has 1 aromatic rings. The molecule has 7 heteroatoms. The molecule has 1 unspecified atom stereocenters. The van der Waals surface area contributed by atoms with E-state index in [2.05, 4.69) is 14.7 Å². The monoisotopic (exact) mass is 263 g/mol. The van der Waals surface area contributed by atoms with Gasteiger partial charge in [0.25, 0.3) is 0 Å². The van der Waals surface area contributed by atoms with E-state index in [-0.39, 0.29) is 19.1 Å². The van der Waals surface area contributed by atoms with Crippen LogP contribution in [0.15, 0.2) is 12.3 Å². The fourth-order valence-corrected chi connectivity index (χ4v) is 1.36. The molecule has 0 saturated carbocycles. The molecule has 1 heterocycles. The van der Waals surface area contributed by atoms with Crippen LogP contribution in [0.25, 0.3) is 0 Å². The van der Waals surface area contributed by atoms with Crippen LogP contribution in [0.3, 0.4) is 0 Å². The Kier molecular flexibility index (Phi) is 5.49. The molecule has 0 aliphatic rings. The molecule has 0 saturated heterocycles. The molecule has 0 aliphatic carbocycles. The number of nitrogens with zero attached hydrogens (tertiary/aromatic N) is 2. The van der Waals surface area contributed by atoms with E-state index in [1.165, 1.54) is 0 Å². The summed E-state index contributed by atoms with van der Waals surface area (Å²) in [5, 5.41) is 0. The zero-order valence-corrected chi connectivity index (χ0v) is 10.1. The Morgan fingerprint density at radius 1 is 1.44 bits per heavy atom. The molecule has 18 heavy (non-hydrogen) atoms. The quantitative estimate of drug-likeness (QED) is 0.790. The summed E-state index contributed by atoms with van der Waals surface area (Å²) in [5.41, 5.74) is 6.42. The molecule has 0 bridgehead atoms. The summed E-state index contributed by atoms with van der Waals surface area (Å²) in [6.45, 7) is 0.557. The topological polar surface area (TPSA) is 61.0 Å². The smallest absolute Gasteiger partial charge is 0.372 e. The van der Waals surface area contributed by atoms with Gasteiger partial charge in [-0.25, -0.2) is 9.97 Å². The van der Waals surface area contributed by atoms with Crippen LogP contribution in [0, 0.1) is 0 Å². The van der Waals surface area contributed by atoms with Crippen molar-refractivity contribution in [2.24, 2.45) is 5.73 Å². The van der Waals surface area contributed by atoms with Gasteiger partial charge in [-0.15, -0.1) is 0 Å². The molecular weight excluding hydrogens is 247 g/mol. The minimum atomic E-state index is -4.29. The molecule has 0 aliphatic heterocycles. The summed E-state index contributed by atoms with van der Waals surface area (Å²) in [6.07, 6.45) is -1.86. The first kappa shape index (κ1) is 14.8. The normalized spacial score (nSPS) is 13.6. The van der Waals surface area contributed by atoms with Crippen molar-refractivity contribution in [3.8, 4) is 0 Å². The van der Waals surface area contributed by atoms with Gasteiger partial charge in [0.1, 0.15) is 12.4 Å². The largest absolute Gasteiger partial charge is 0.411 e. The van der Waals surface area contributed by atoms with Crippen LogP contribution in [0.1, 0.15) is 18.4 Å². The van der Waals surface area contributed by atoms with Gasteiger partial charge < -0.3 is 10.5 Å². The Balaban J connectivity index is 2.38. The molecular formula is C11H16F3N3O. The lowest BCUT2D eigenvalue weighted by Crippen LogP contribution is -2.20. The number of aromatic nitrogens is 2. The fourth-order valence-electron chi connectivity index (χ4n) is 1.36. The van der Waals surface area contributed by atoms with Crippen LogP contribution in [-0.4, -0.2) is 35.4 Å². The predicted octanol–water partition coefficient (Wildman–Crippen LogP) is 1.49. The van der Waals surface area contributed by atoms with E-state index < -0.39 is 12.8 Å². The van der Waals surface area contributed by atoms with Crippen molar-refractivity contribution in [2.75, 3.05) is 13.2 Å². The lowest BCUT2D eigenvalue weighted by atomic mass is 10.2. The van der Waals surface area contributed by atoms with Crippen LogP contribution < -0.4 is 5.73 Å². The van der Waals surface area contributed by atoms with Gasteiger partial charge in [0.2, 0.25) is 0 Å². The molecule has 2 N–H and O–H groups in total. The van der Waals surface area contributed by atoms with E-state index in [1.54, 1.807) is 12.3 Å². The maximum Gasteiger partial charge on any atom is 0.411 e. The maximum absolute atomic E-state index is 11.8. The first-order valence-electron chi connectivity index (χ1n) is 5.57. The molecule has 4 nitrogen and oxygen atoms in total. The minimum absolute atomic E-state index is 0.0192. The van der Waals surface area contributed by atoms with Crippen LogP contribution in [0.2, 0.25) is 0 Å². The number of ether oxygens (including phenoxy) is 1. The maximum atomic E-state index is 11.8. The van der Waals surface area contributed by atoms with Crippen LogP contribution in [-0.2, 0) is 17.6 Å². The van der Waals surface area contributed by atoms with Crippen LogP contribution in [0.5, 0.6) is 0 Å². The predicted molar refractivity (Wildman–Crippen MR) is 60.0 cm³/mol. The van der Waals surface area contributed by atoms with Gasteiger partial charge >= 0.3 is 6.18 Å². The van der Waals surface area contributed by atoms with Crippen molar-refractivity contribution in [1.82, 2.24) is 9.97 Å². The average Bonchev–Trinajstić information content (AvgIpc) is 2.23. The van der Waals surface area contributed by atoms with Gasteiger partial charge in [0.15, 0.2) is 0 Å². The van der Waals surface area contributed by atoms with Crippen molar-refractivity contribution in [1.29, 1.82) is 0 Å². The van der Waals surface area contributed by atoms with E-state index in [1.807, 2.05) is 6.92 Å². The Bertz CT molecular complexity index is 369. The van der Waals surface area contributed by atoms with Gasteiger partial charge in [-0.2, -0.15) is 13.2 Å². The first-order chi connectivity index (χ1) is 8.37. The third kappa shape index (κ3) is 6.51. The van der Waals surface area contributed by atoms with Crippen molar-refractivity contribution in [2.45, 2.75) is 32.0 Å². The van der Waals surface area contributed by atoms with Gasteiger partial charge in [0.05, 0.1) is 6.61 Å². The molecule has 0 spiro atoms. The molecule has 0 radical (unpaired) electrons. The highest BCUT2D eigenvalue weighted by atomic mass is 19.4. The lowest BCUT2D eigenvalue weighted by Gasteiger charge is -2.08. The summed E-state index contributed by atoms with van der Waals surface area (Å²) in [6, 6.07) is 1.72. The number of hydrogen-bond donors (Lipinski definition) is 1. The molecule has 1 rings (SSSR count). The van der Waals surface area contributed by atoms with Crippen molar-refractivity contribution in [3.05, 3.63) is 23.8 Å². The SMILES string of the molecule is CC(N)Cc1ccnc(CCOCC(F)(F)F)n1. The second kappa shape index (κ2) is 6.65. The number of hydrogen-bond acceptors (Lipinski definition) is 4. The number of nitrogens with two attached hydrogens (primary N) is 1. The molecule has 1 atom stereocenters. The number of halogens is 3. The van der Waals surface area contributed by atoms with Crippen molar-refractivity contribution >= 4 is 0 Å². The Hall–Kier alpha value is -1.21. The van der Waals surface area contributed by atoms with Crippen LogP contribution >= 0.6 is 0 Å². The van der Waals surface area contributed by atoms with Crippen LogP contribution in [0.4, 0.5) is 13.2 Å². The van der Waals surface area contributed by atoms with E-state index in [9.17, 15) is 13.2 Å². The molecule has 1 aromatic heterocycles. The Morgan fingerprint density at radius 2 is 2.17 bits per heavy atom. The molecule has 0 aromatic carbocycles. The highest BCUT2D eigenvalue weighted by molar-refractivity contribution is 5.04. The highest BCUT2D eigenvalue weighted by Gasteiger charge is 2.27. The summed E-state index contributed by atoms with van der Waals surface area (Å²) in [7, 11) is 0. The molecule has 102 valence electrons. The number of rotatable bonds is 6. The first-order valence-corrected chi connectivity index (χ1v) is 5.57. The lowest BCUT2D eigenvalue weighted by molar-refractivity contribution is -0.173.